The summed E-state index contributed by atoms with van der Waals surface area (Å²) in [5.74, 6) is 0.399. The molecule has 0 saturated heterocycles. The quantitative estimate of drug-likeness (QED) is 0.613. The van der Waals surface area contributed by atoms with Gasteiger partial charge in [0.2, 0.25) is 0 Å². The molecule has 0 aromatic heterocycles. The molecule has 104 valence electrons. The van der Waals surface area contributed by atoms with Crippen LogP contribution in [0.4, 0.5) is 0 Å². The number of esters is 1. The maximum absolute atomic E-state index is 11.9. The lowest BCUT2D eigenvalue weighted by molar-refractivity contribution is -0.145. The summed E-state index contributed by atoms with van der Waals surface area (Å²) >= 11 is 3.24. The normalized spacial score (nSPS) is 20.7. The van der Waals surface area contributed by atoms with Gasteiger partial charge in [0.15, 0.2) is 5.01 Å². The van der Waals surface area contributed by atoms with E-state index in [2.05, 4.69) is 41.1 Å². The Morgan fingerprint density at radius 1 is 1.37 bits per heavy atom. The van der Waals surface area contributed by atoms with Crippen LogP contribution < -0.4 is 0 Å². The number of hydrogen-bond donors (Lipinski definition) is 0. The minimum atomic E-state index is -0.235. The number of ether oxygens (including phenoxy) is 1. The summed E-state index contributed by atoms with van der Waals surface area (Å²) in [4.78, 5) is 11.9. The van der Waals surface area contributed by atoms with Crippen molar-refractivity contribution in [3.63, 3.8) is 0 Å². The highest BCUT2D eigenvalue weighted by Gasteiger charge is 2.23. The van der Waals surface area contributed by atoms with Crippen LogP contribution in [0, 0.1) is 5.92 Å². The number of halogens is 1. The average molecular weight is 325 g/mol. The second-order valence-corrected chi connectivity index (χ2v) is 6.70. The average Bonchev–Trinajstić information content (AvgIpc) is 2.78. The summed E-state index contributed by atoms with van der Waals surface area (Å²) < 4.78 is 5.21. The van der Waals surface area contributed by atoms with E-state index in [0.717, 1.165) is 17.9 Å². The predicted octanol–water partition coefficient (Wildman–Crippen LogP) is 4.20. The van der Waals surface area contributed by atoms with Gasteiger partial charge in [-0.3, -0.25) is 4.79 Å². The molecule has 2 nitrogen and oxygen atoms in total. The second-order valence-electron chi connectivity index (χ2n) is 5.41. The van der Waals surface area contributed by atoms with Gasteiger partial charge in [0.25, 0.3) is 0 Å². The van der Waals surface area contributed by atoms with Crippen molar-refractivity contribution in [2.24, 2.45) is 5.92 Å². The summed E-state index contributed by atoms with van der Waals surface area (Å²) in [5, 5.41) is -0.235. The smallest absolute Gasteiger partial charge is 0.314 e. The third kappa shape index (κ3) is 3.38. The van der Waals surface area contributed by atoms with Crippen LogP contribution in [0.3, 0.4) is 0 Å². The van der Waals surface area contributed by atoms with E-state index in [9.17, 15) is 4.79 Å². The van der Waals surface area contributed by atoms with Crippen LogP contribution in [0.1, 0.15) is 49.8 Å². The van der Waals surface area contributed by atoms with Crippen molar-refractivity contribution < 1.29 is 9.53 Å². The van der Waals surface area contributed by atoms with Gasteiger partial charge in [-0.15, -0.1) is 0 Å². The van der Waals surface area contributed by atoms with Crippen molar-refractivity contribution in [1.29, 1.82) is 0 Å². The zero-order valence-corrected chi connectivity index (χ0v) is 13.4. The fourth-order valence-corrected chi connectivity index (χ4v) is 2.87. The van der Waals surface area contributed by atoms with Gasteiger partial charge in [0.05, 0.1) is 5.92 Å². The minimum Gasteiger partial charge on any atom is -0.451 e. The Hall–Kier alpha value is -0.830. The standard InChI is InChI=1S/C16H21BrO2/c1-4-12-7-14-6-5-13(9-15(14)8-12)10(2)16(18)19-11(3)17/h5-6,9-12H,4,7-8H2,1-3H3. The first-order valence-corrected chi connectivity index (χ1v) is 7.89. The van der Waals surface area contributed by atoms with Crippen LogP contribution in [0.2, 0.25) is 0 Å². The van der Waals surface area contributed by atoms with E-state index < -0.39 is 0 Å². The van der Waals surface area contributed by atoms with Gasteiger partial charge in [-0.2, -0.15) is 0 Å². The monoisotopic (exact) mass is 324 g/mol. The zero-order chi connectivity index (χ0) is 14.0. The van der Waals surface area contributed by atoms with E-state index in [1.165, 1.54) is 24.0 Å². The molecule has 0 spiro atoms. The van der Waals surface area contributed by atoms with E-state index in [1.807, 2.05) is 6.92 Å². The number of rotatable bonds is 4. The van der Waals surface area contributed by atoms with Crippen molar-refractivity contribution in [2.45, 2.75) is 51.0 Å². The SMILES string of the molecule is CCC1Cc2ccc(C(C)C(=O)OC(C)Br)cc2C1. The maximum Gasteiger partial charge on any atom is 0.314 e. The molecule has 1 aromatic rings. The van der Waals surface area contributed by atoms with Gasteiger partial charge >= 0.3 is 5.97 Å². The molecule has 0 saturated carbocycles. The van der Waals surface area contributed by atoms with Gasteiger partial charge < -0.3 is 4.74 Å². The Morgan fingerprint density at radius 2 is 2.05 bits per heavy atom. The molecule has 3 unspecified atom stereocenters. The third-order valence-electron chi connectivity index (χ3n) is 3.96. The Kier molecular flexibility index (Phi) is 4.67. The topological polar surface area (TPSA) is 26.3 Å². The zero-order valence-electron chi connectivity index (χ0n) is 11.8. The molecule has 3 heteroatoms. The van der Waals surface area contributed by atoms with Gasteiger partial charge in [-0.25, -0.2) is 0 Å². The Labute approximate surface area is 123 Å². The van der Waals surface area contributed by atoms with Gasteiger partial charge in [-0.1, -0.05) is 31.5 Å². The van der Waals surface area contributed by atoms with Crippen molar-refractivity contribution in [2.75, 3.05) is 0 Å². The number of benzene rings is 1. The molecule has 0 bridgehead atoms. The van der Waals surface area contributed by atoms with Crippen LogP contribution in [0.15, 0.2) is 18.2 Å². The molecule has 3 atom stereocenters. The van der Waals surface area contributed by atoms with Crippen molar-refractivity contribution in [3.8, 4) is 0 Å². The van der Waals surface area contributed by atoms with E-state index >= 15 is 0 Å². The molecule has 0 N–H and O–H groups in total. The summed E-state index contributed by atoms with van der Waals surface area (Å²) in [6.07, 6.45) is 3.56. The summed E-state index contributed by atoms with van der Waals surface area (Å²) in [7, 11) is 0. The first-order valence-electron chi connectivity index (χ1n) is 6.97. The maximum atomic E-state index is 11.9. The van der Waals surface area contributed by atoms with Crippen LogP contribution in [-0.4, -0.2) is 11.0 Å². The molecule has 2 rings (SSSR count). The number of hydrogen-bond acceptors (Lipinski definition) is 2. The molecular formula is C16H21BrO2. The highest BCUT2D eigenvalue weighted by Crippen LogP contribution is 2.31. The molecule has 0 amide bonds. The number of carbonyl (C=O) groups is 1. The number of fused-ring (bicyclic) bond motifs is 1. The third-order valence-corrected chi connectivity index (χ3v) is 4.14. The lowest BCUT2D eigenvalue weighted by Gasteiger charge is -2.14. The summed E-state index contributed by atoms with van der Waals surface area (Å²) in [6, 6.07) is 6.44. The van der Waals surface area contributed by atoms with E-state index in [0.29, 0.717) is 0 Å². The largest absolute Gasteiger partial charge is 0.451 e. The first kappa shape index (κ1) is 14.6. The fourth-order valence-electron chi connectivity index (χ4n) is 2.69. The van der Waals surface area contributed by atoms with Gasteiger partial charge in [0, 0.05) is 0 Å². The Morgan fingerprint density at radius 3 is 2.68 bits per heavy atom. The van der Waals surface area contributed by atoms with Gasteiger partial charge in [0.1, 0.15) is 0 Å². The highest BCUT2D eigenvalue weighted by molar-refractivity contribution is 9.09. The molecule has 19 heavy (non-hydrogen) atoms. The molecule has 1 aromatic carbocycles. The Balaban J connectivity index is 2.13. The predicted molar refractivity (Wildman–Crippen MR) is 80.5 cm³/mol. The molecule has 0 heterocycles. The lowest BCUT2D eigenvalue weighted by atomic mass is 9.97. The van der Waals surface area contributed by atoms with E-state index in [4.69, 9.17) is 4.74 Å². The molecule has 1 aliphatic rings. The minimum absolute atomic E-state index is 0.172. The molecular weight excluding hydrogens is 304 g/mol. The molecule has 0 radical (unpaired) electrons. The molecule has 1 aliphatic carbocycles. The van der Waals surface area contributed by atoms with E-state index in [-0.39, 0.29) is 16.9 Å². The Bertz CT molecular complexity index is 468. The van der Waals surface area contributed by atoms with Crippen LogP contribution in [0.25, 0.3) is 0 Å². The first-order chi connectivity index (χ1) is 9.01. The van der Waals surface area contributed by atoms with Crippen molar-refractivity contribution in [1.82, 2.24) is 0 Å². The fraction of sp³-hybridized carbons (Fsp3) is 0.562. The molecule has 0 aliphatic heterocycles. The summed E-state index contributed by atoms with van der Waals surface area (Å²) in [5.41, 5.74) is 3.93. The number of alkyl halides is 1. The highest BCUT2D eigenvalue weighted by atomic mass is 79.9. The van der Waals surface area contributed by atoms with Gasteiger partial charge in [-0.05, 0) is 65.2 Å². The van der Waals surface area contributed by atoms with Crippen LogP contribution in [-0.2, 0) is 22.4 Å². The van der Waals surface area contributed by atoms with Crippen LogP contribution >= 0.6 is 15.9 Å². The summed E-state index contributed by atoms with van der Waals surface area (Å²) in [6.45, 7) is 5.96. The van der Waals surface area contributed by atoms with Crippen LogP contribution in [0.5, 0.6) is 0 Å². The van der Waals surface area contributed by atoms with E-state index in [1.54, 1.807) is 6.92 Å². The van der Waals surface area contributed by atoms with Crippen molar-refractivity contribution >= 4 is 21.9 Å². The second kappa shape index (κ2) is 6.08. The lowest BCUT2D eigenvalue weighted by Crippen LogP contribution is -2.16. The van der Waals surface area contributed by atoms with Crippen molar-refractivity contribution in [3.05, 3.63) is 34.9 Å². The number of carbonyl (C=O) groups excluding carboxylic acids is 1. The molecule has 0 fully saturated rings.